The predicted molar refractivity (Wildman–Crippen MR) is 64.8 cm³/mol. The molecule has 0 N–H and O–H groups in total. The van der Waals surface area contributed by atoms with Crippen molar-refractivity contribution in [1.29, 1.82) is 0 Å². The number of hydrogen-bond acceptors (Lipinski definition) is 0. The molecule has 1 aliphatic heterocycles. The number of fused-ring (bicyclic) bond motifs is 1. The van der Waals surface area contributed by atoms with E-state index >= 15 is 0 Å². The van der Waals surface area contributed by atoms with E-state index in [1.165, 1.54) is 0 Å². The van der Waals surface area contributed by atoms with Crippen molar-refractivity contribution >= 4 is 19.0 Å². The Kier molecular flexibility index (Phi) is 2.47. The number of halogens is 2. The first-order valence-electron chi connectivity index (χ1n) is 4.83. The normalized spacial score (nSPS) is 21.7. The van der Waals surface area contributed by atoms with Crippen LogP contribution in [-0.2, 0) is 0 Å². The van der Waals surface area contributed by atoms with Crippen molar-refractivity contribution in [3.05, 3.63) is 48.6 Å². The van der Waals surface area contributed by atoms with Gasteiger partial charge in [0.05, 0.1) is 0 Å². The van der Waals surface area contributed by atoms with Gasteiger partial charge in [-0.3, -0.25) is 0 Å². The van der Waals surface area contributed by atoms with Crippen LogP contribution < -0.4 is 0 Å². The zero-order valence-electron chi connectivity index (χ0n) is 8.39. The van der Waals surface area contributed by atoms with Gasteiger partial charge in [-0.25, -0.2) is 0 Å². The SMILES string of the molecule is C=C1C[PH](F)(F)CC(=C)c2ccccc21. The molecule has 0 bridgehead atoms. The van der Waals surface area contributed by atoms with E-state index < -0.39 is 7.88 Å². The monoisotopic (exact) mass is 226 g/mol. The number of rotatable bonds is 0. The summed E-state index contributed by atoms with van der Waals surface area (Å²) in [5.41, 5.74) is 2.79. The van der Waals surface area contributed by atoms with Crippen molar-refractivity contribution in [1.82, 2.24) is 0 Å². The molecule has 0 nitrogen and oxygen atoms in total. The van der Waals surface area contributed by atoms with Crippen LogP contribution in [0.5, 0.6) is 0 Å². The second-order valence-corrected chi connectivity index (χ2v) is 6.38. The van der Waals surface area contributed by atoms with Gasteiger partial charge in [-0.2, -0.15) is 0 Å². The van der Waals surface area contributed by atoms with Crippen LogP contribution in [0.1, 0.15) is 11.1 Å². The summed E-state index contributed by atoms with van der Waals surface area (Å²) in [7, 11) is -4.16. The number of benzene rings is 1. The zero-order valence-corrected chi connectivity index (χ0v) is 9.39. The third-order valence-electron chi connectivity index (χ3n) is 2.63. The van der Waals surface area contributed by atoms with Crippen molar-refractivity contribution in [3.63, 3.8) is 0 Å². The number of allylic oxidation sites excluding steroid dienone is 2. The van der Waals surface area contributed by atoms with Crippen LogP contribution >= 0.6 is 7.88 Å². The van der Waals surface area contributed by atoms with E-state index in [0.717, 1.165) is 11.1 Å². The summed E-state index contributed by atoms with van der Waals surface area (Å²) >= 11 is 0. The summed E-state index contributed by atoms with van der Waals surface area (Å²) in [6, 6.07) is 7.39. The molecular formula is C12H13F2P. The molecule has 0 amide bonds. The van der Waals surface area contributed by atoms with E-state index in [-0.39, 0.29) is 12.3 Å². The standard InChI is InChI=1S/C12H13F2P/c1-9-7-15(13,14)8-10(2)12-6-4-3-5-11(9)12/h3-6,15H,1-2,7-8H2. The van der Waals surface area contributed by atoms with Crippen molar-refractivity contribution < 1.29 is 8.39 Å². The Balaban J connectivity index is 2.55. The molecule has 0 fully saturated rings. The van der Waals surface area contributed by atoms with Gasteiger partial charge in [0.1, 0.15) is 0 Å². The molecular weight excluding hydrogens is 213 g/mol. The summed E-state index contributed by atoms with van der Waals surface area (Å²) in [5, 5.41) is 0. The summed E-state index contributed by atoms with van der Waals surface area (Å²) in [6.07, 6.45) is -0.272. The average molecular weight is 226 g/mol. The van der Waals surface area contributed by atoms with Crippen molar-refractivity contribution in [2.45, 2.75) is 0 Å². The first kappa shape index (κ1) is 10.5. The molecule has 15 heavy (non-hydrogen) atoms. The molecule has 1 aromatic carbocycles. The average Bonchev–Trinajstić information content (AvgIpc) is 2.23. The molecule has 0 aliphatic carbocycles. The Morgan fingerprint density at radius 3 is 1.73 bits per heavy atom. The van der Waals surface area contributed by atoms with Crippen LogP contribution in [0.2, 0.25) is 0 Å². The van der Waals surface area contributed by atoms with E-state index in [9.17, 15) is 8.39 Å². The van der Waals surface area contributed by atoms with Crippen LogP contribution in [0, 0.1) is 0 Å². The maximum absolute atomic E-state index is 13.5. The second-order valence-electron chi connectivity index (χ2n) is 3.96. The van der Waals surface area contributed by atoms with Gasteiger partial charge in [0.2, 0.25) is 0 Å². The molecule has 0 atom stereocenters. The Morgan fingerprint density at radius 1 is 0.933 bits per heavy atom. The van der Waals surface area contributed by atoms with E-state index in [4.69, 9.17) is 0 Å². The van der Waals surface area contributed by atoms with Gasteiger partial charge < -0.3 is 0 Å². The second kappa shape index (κ2) is 3.53. The van der Waals surface area contributed by atoms with E-state index in [2.05, 4.69) is 13.2 Å². The summed E-state index contributed by atoms with van der Waals surface area (Å²) in [5.74, 6) is 0. The summed E-state index contributed by atoms with van der Waals surface area (Å²) < 4.78 is 27.1. The predicted octanol–water partition coefficient (Wildman–Crippen LogP) is 4.25. The van der Waals surface area contributed by atoms with Crippen LogP contribution in [0.25, 0.3) is 11.1 Å². The third-order valence-corrected chi connectivity index (χ3v) is 4.52. The van der Waals surface area contributed by atoms with Gasteiger partial charge in [0, 0.05) is 0 Å². The van der Waals surface area contributed by atoms with Gasteiger partial charge in [-0.15, -0.1) is 0 Å². The number of hydrogen-bond donors (Lipinski definition) is 0. The Labute approximate surface area is 88.9 Å². The molecule has 0 unspecified atom stereocenters. The Hall–Kier alpha value is -1.01. The fourth-order valence-electron chi connectivity index (χ4n) is 1.98. The molecule has 0 saturated heterocycles. The maximum atomic E-state index is 13.5. The van der Waals surface area contributed by atoms with Crippen molar-refractivity contribution in [3.8, 4) is 0 Å². The third kappa shape index (κ3) is 2.00. The topological polar surface area (TPSA) is 0 Å². The van der Waals surface area contributed by atoms with E-state index in [1.807, 2.05) is 24.3 Å². The molecule has 0 spiro atoms. The van der Waals surface area contributed by atoms with Crippen LogP contribution in [0.15, 0.2) is 37.4 Å². The molecule has 1 heterocycles. The molecule has 0 aromatic heterocycles. The molecule has 0 saturated carbocycles. The van der Waals surface area contributed by atoms with E-state index in [0.29, 0.717) is 11.1 Å². The molecule has 2 rings (SSSR count). The quantitative estimate of drug-likeness (QED) is 0.580. The van der Waals surface area contributed by atoms with Gasteiger partial charge in [-0.05, 0) is 0 Å². The first-order valence-corrected chi connectivity index (χ1v) is 7.00. The van der Waals surface area contributed by atoms with Crippen LogP contribution in [-0.4, -0.2) is 12.3 Å². The molecule has 3 heteroatoms. The van der Waals surface area contributed by atoms with Gasteiger partial charge in [0.25, 0.3) is 0 Å². The van der Waals surface area contributed by atoms with E-state index in [1.54, 1.807) is 0 Å². The van der Waals surface area contributed by atoms with Crippen LogP contribution in [0.3, 0.4) is 0 Å². The van der Waals surface area contributed by atoms with Crippen molar-refractivity contribution in [2.75, 3.05) is 12.3 Å². The van der Waals surface area contributed by atoms with Crippen LogP contribution in [0.4, 0.5) is 8.39 Å². The minimum absolute atomic E-state index is 0.136. The molecule has 1 aliphatic rings. The summed E-state index contributed by atoms with van der Waals surface area (Å²) in [4.78, 5) is 0. The summed E-state index contributed by atoms with van der Waals surface area (Å²) in [6.45, 7) is 7.52. The Morgan fingerprint density at radius 2 is 1.33 bits per heavy atom. The minimum atomic E-state index is -4.16. The molecule has 80 valence electrons. The van der Waals surface area contributed by atoms with Crippen molar-refractivity contribution in [2.24, 2.45) is 0 Å². The fourth-order valence-corrected chi connectivity index (χ4v) is 3.73. The van der Waals surface area contributed by atoms with Gasteiger partial charge in [-0.1, -0.05) is 0 Å². The van der Waals surface area contributed by atoms with Gasteiger partial charge >= 0.3 is 88.3 Å². The van der Waals surface area contributed by atoms with Gasteiger partial charge in [0.15, 0.2) is 0 Å². The zero-order chi connectivity index (χ0) is 11.1. The fraction of sp³-hybridized carbons (Fsp3) is 0.167. The molecule has 1 aromatic rings. The first-order chi connectivity index (χ1) is 6.99. The Bertz CT molecular complexity index is 396. The molecule has 0 radical (unpaired) electrons.